The van der Waals surface area contributed by atoms with Crippen molar-refractivity contribution in [3.8, 4) is 5.75 Å². The van der Waals surface area contributed by atoms with Crippen molar-refractivity contribution in [2.75, 3.05) is 6.61 Å². The van der Waals surface area contributed by atoms with E-state index < -0.39 is 0 Å². The third-order valence-corrected chi connectivity index (χ3v) is 4.49. The van der Waals surface area contributed by atoms with Gasteiger partial charge in [0.05, 0.1) is 4.88 Å². The lowest BCUT2D eigenvalue weighted by atomic mass is 10.2. The van der Waals surface area contributed by atoms with Crippen LogP contribution >= 0.6 is 38.9 Å². The van der Waals surface area contributed by atoms with Gasteiger partial charge in [-0.15, -0.1) is 11.3 Å². The van der Waals surface area contributed by atoms with Gasteiger partial charge in [-0.25, -0.2) is 0 Å². The predicted molar refractivity (Wildman–Crippen MR) is 78.0 cm³/mol. The van der Waals surface area contributed by atoms with Gasteiger partial charge < -0.3 is 4.74 Å². The number of thiophene rings is 1. The predicted octanol–water partition coefficient (Wildman–Crippen LogP) is 4.73. The SMILES string of the molecule is Cc1ccc(Cl)cc1OCC(=O)c1sccc1Br. The maximum absolute atomic E-state index is 11.9. The normalized spacial score (nSPS) is 10.4. The summed E-state index contributed by atoms with van der Waals surface area (Å²) in [4.78, 5) is 12.6. The number of ketones is 1. The van der Waals surface area contributed by atoms with Gasteiger partial charge in [-0.1, -0.05) is 17.7 Å². The fourth-order valence-corrected chi connectivity index (χ4v) is 3.11. The second kappa shape index (κ2) is 5.87. The maximum Gasteiger partial charge on any atom is 0.211 e. The first-order chi connectivity index (χ1) is 8.58. The Bertz CT molecular complexity index is 580. The van der Waals surface area contributed by atoms with Crippen LogP contribution in [-0.2, 0) is 0 Å². The molecule has 0 N–H and O–H groups in total. The molecule has 2 rings (SSSR count). The molecule has 0 fully saturated rings. The van der Waals surface area contributed by atoms with Gasteiger partial charge in [-0.3, -0.25) is 4.79 Å². The van der Waals surface area contributed by atoms with Gasteiger partial charge in [0.1, 0.15) is 5.75 Å². The summed E-state index contributed by atoms with van der Waals surface area (Å²) in [5.41, 5.74) is 0.956. The van der Waals surface area contributed by atoms with E-state index in [0.29, 0.717) is 15.6 Å². The zero-order chi connectivity index (χ0) is 13.1. The third-order valence-electron chi connectivity index (χ3n) is 2.38. The van der Waals surface area contributed by atoms with Crippen molar-refractivity contribution < 1.29 is 9.53 Å². The van der Waals surface area contributed by atoms with E-state index in [9.17, 15) is 4.79 Å². The van der Waals surface area contributed by atoms with E-state index in [1.165, 1.54) is 11.3 Å². The highest BCUT2D eigenvalue weighted by atomic mass is 79.9. The van der Waals surface area contributed by atoms with Gasteiger partial charge >= 0.3 is 0 Å². The molecule has 0 aliphatic rings. The summed E-state index contributed by atoms with van der Waals surface area (Å²) in [5.74, 6) is 0.597. The molecule has 2 nitrogen and oxygen atoms in total. The first-order valence-corrected chi connectivity index (χ1v) is 7.28. The Balaban J connectivity index is 2.06. The highest BCUT2D eigenvalue weighted by Crippen LogP contribution is 2.25. The molecule has 0 amide bonds. The van der Waals surface area contributed by atoms with Crippen molar-refractivity contribution >= 4 is 44.7 Å². The Morgan fingerprint density at radius 2 is 2.22 bits per heavy atom. The summed E-state index contributed by atoms with van der Waals surface area (Å²) in [6.45, 7) is 1.93. The highest BCUT2D eigenvalue weighted by molar-refractivity contribution is 9.10. The summed E-state index contributed by atoms with van der Waals surface area (Å²) in [7, 11) is 0. The molecular formula is C13H10BrClO2S. The molecule has 0 aliphatic heterocycles. The Hall–Kier alpha value is -0.840. The summed E-state index contributed by atoms with van der Waals surface area (Å²) < 4.78 is 6.32. The molecule has 0 aliphatic carbocycles. The second-order valence-electron chi connectivity index (χ2n) is 3.72. The third kappa shape index (κ3) is 3.13. The average Bonchev–Trinajstić information content (AvgIpc) is 2.76. The molecule has 1 heterocycles. The van der Waals surface area contributed by atoms with Crippen molar-refractivity contribution in [2.24, 2.45) is 0 Å². The van der Waals surface area contributed by atoms with Crippen molar-refractivity contribution in [2.45, 2.75) is 6.92 Å². The van der Waals surface area contributed by atoms with E-state index in [-0.39, 0.29) is 12.4 Å². The Kier molecular flexibility index (Phi) is 4.43. The molecule has 0 saturated carbocycles. The van der Waals surface area contributed by atoms with E-state index in [1.54, 1.807) is 12.1 Å². The minimum atomic E-state index is -0.0451. The zero-order valence-corrected chi connectivity index (χ0v) is 12.7. The summed E-state index contributed by atoms with van der Waals surface area (Å²) >= 11 is 10.6. The average molecular weight is 346 g/mol. The lowest BCUT2D eigenvalue weighted by Gasteiger charge is -2.08. The summed E-state index contributed by atoms with van der Waals surface area (Å²) in [6, 6.07) is 7.22. The van der Waals surface area contributed by atoms with Crippen LogP contribution in [0.3, 0.4) is 0 Å². The molecule has 18 heavy (non-hydrogen) atoms. The topological polar surface area (TPSA) is 26.3 Å². The van der Waals surface area contributed by atoms with Crippen LogP contribution in [0.5, 0.6) is 5.75 Å². The Labute approximate surface area is 123 Å². The van der Waals surface area contributed by atoms with Crippen molar-refractivity contribution in [3.05, 3.63) is 49.6 Å². The smallest absolute Gasteiger partial charge is 0.211 e. The number of carbonyl (C=O) groups excluding carboxylic acids is 1. The van der Waals surface area contributed by atoms with Crippen LogP contribution in [0.15, 0.2) is 34.1 Å². The first kappa shape index (κ1) is 13.6. The van der Waals surface area contributed by atoms with Crippen LogP contribution in [0.1, 0.15) is 15.2 Å². The lowest BCUT2D eigenvalue weighted by Crippen LogP contribution is -2.11. The molecule has 0 radical (unpaired) electrons. The number of Topliss-reactive ketones (excluding diaryl/α,β-unsaturated/α-hetero) is 1. The Morgan fingerprint density at radius 1 is 1.44 bits per heavy atom. The quantitative estimate of drug-likeness (QED) is 0.749. The number of aryl methyl sites for hydroxylation is 1. The Morgan fingerprint density at radius 3 is 2.89 bits per heavy atom. The number of ether oxygens (including phenoxy) is 1. The van der Waals surface area contributed by atoms with Crippen molar-refractivity contribution in [1.29, 1.82) is 0 Å². The molecule has 0 bridgehead atoms. The van der Waals surface area contributed by atoms with E-state index in [0.717, 1.165) is 10.0 Å². The van der Waals surface area contributed by atoms with Crippen LogP contribution in [-0.4, -0.2) is 12.4 Å². The monoisotopic (exact) mass is 344 g/mol. The minimum Gasteiger partial charge on any atom is -0.485 e. The summed E-state index contributed by atoms with van der Waals surface area (Å²) in [6.07, 6.45) is 0. The van der Waals surface area contributed by atoms with E-state index in [4.69, 9.17) is 16.3 Å². The molecular weight excluding hydrogens is 336 g/mol. The standard InChI is InChI=1S/C13H10BrClO2S/c1-8-2-3-9(15)6-12(8)17-7-11(16)13-10(14)4-5-18-13/h2-6H,7H2,1H3. The highest BCUT2D eigenvalue weighted by Gasteiger charge is 2.13. The van der Waals surface area contributed by atoms with Crippen LogP contribution < -0.4 is 4.74 Å². The molecule has 0 spiro atoms. The number of carbonyl (C=O) groups is 1. The molecule has 0 saturated heterocycles. The first-order valence-electron chi connectivity index (χ1n) is 5.23. The van der Waals surface area contributed by atoms with Gasteiger partial charge in [0, 0.05) is 9.50 Å². The van der Waals surface area contributed by atoms with Crippen LogP contribution in [0, 0.1) is 6.92 Å². The fourth-order valence-electron chi connectivity index (χ4n) is 1.43. The van der Waals surface area contributed by atoms with Crippen LogP contribution in [0.4, 0.5) is 0 Å². The largest absolute Gasteiger partial charge is 0.485 e. The van der Waals surface area contributed by atoms with Crippen molar-refractivity contribution in [3.63, 3.8) is 0 Å². The molecule has 0 atom stereocenters. The van der Waals surface area contributed by atoms with Gasteiger partial charge in [-0.2, -0.15) is 0 Å². The van der Waals surface area contributed by atoms with E-state index in [2.05, 4.69) is 15.9 Å². The number of halogens is 2. The molecule has 5 heteroatoms. The zero-order valence-electron chi connectivity index (χ0n) is 9.57. The van der Waals surface area contributed by atoms with E-state index >= 15 is 0 Å². The lowest BCUT2D eigenvalue weighted by molar-refractivity contribution is 0.0924. The number of rotatable bonds is 4. The van der Waals surface area contributed by atoms with Gasteiger partial charge in [-0.05, 0) is 52.0 Å². The number of hydrogen-bond donors (Lipinski definition) is 0. The van der Waals surface area contributed by atoms with Crippen LogP contribution in [0.25, 0.3) is 0 Å². The molecule has 1 aromatic carbocycles. The number of hydrogen-bond acceptors (Lipinski definition) is 3. The molecule has 1 aromatic heterocycles. The van der Waals surface area contributed by atoms with Gasteiger partial charge in [0.2, 0.25) is 5.78 Å². The maximum atomic E-state index is 11.9. The molecule has 94 valence electrons. The fraction of sp³-hybridized carbons (Fsp3) is 0.154. The van der Waals surface area contributed by atoms with Gasteiger partial charge in [0.25, 0.3) is 0 Å². The summed E-state index contributed by atoms with van der Waals surface area (Å²) in [5, 5.41) is 2.46. The van der Waals surface area contributed by atoms with Gasteiger partial charge in [0.15, 0.2) is 6.61 Å². The second-order valence-corrected chi connectivity index (χ2v) is 5.93. The molecule has 0 unspecified atom stereocenters. The van der Waals surface area contributed by atoms with E-state index in [1.807, 2.05) is 24.4 Å². The number of benzene rings is 1. The van der Waals surface area contributed by atoms with Crippen molar-refractivity contribution in [1.82, 2.24) is 0 Å². The molecule has 2 aromatic rings. The van der Waals surface area contributed by atoms with Crippen LogP contribution in [0.2, 0.25) is 5.02 Å². The minimum absolute atomic E-state index is 0.0142.